The lowest BCUT2D eigenvalue weighted by molar-refractivity contribution is 0.101. The third-order valence-electron chi connectivity index (χ3n) is 4.27. The number of para-hydroxylation sites is 1. The average Bonchev–Trinajstić information content (AvgIpc) is 3.33. The summed E-state index contributed by atoms with van der Waals surface area (Å²) >= 11 is 4.86. The number of nitrogens with zero attached hydrogens (tertiary/aromatic N) is 3. The molecule has 0 unspecified atom stereocenters. The molecule has 29 heavy (non-hydrogen) atoms. The Kier molecular flexibility index (Phi) is 5.46. The third kappa shape index (κ3) is 4.08. The van der Waals surface area contributed by atoms with E-state index in [1.807, 2.05) is 61.5 Å². The molecule has 2 aromatic carbocycles. The van der Waals surface area contributed by atoms with Gasteiger partial charge in [0.05, 0.1) is 24.7 Å². The van der Waals surface area contributed by atoms with Crippen molar-refractivity contribution in [2.75, 3.05) is 12.4 Å². The molecular weight excluding hydrogens is 452 g/mol. The number of hydrogen-bond acceptors (Lipinski definition) is 5. The monoisotopic (exact) mass is 468 g/mol. The summed E-state index contributed by atoms with van der Waals surface area (Å²) < 4.78 is 7.97. The van der Waals surface area contributed by atoms with Crippen molar-refractivity contribution in [3.8, 4) is 22.7 Å². The Morgan fingerprint density at radius 2 is 1.86 bits per heavy atom. The maximum absolute atomic E-state index is 12.8. The summed E-state index contributed by atoms with van der Waals surface area (Å²) in [7, 11) is 1.52. The standard InChI is InChI=1S/C21H17BrN4O2S/c1-13-18(14-8-10-15(22)11-9-14)23-21(29-13)24-20(27)19-17(28-2)12-26(25-19)16-6-4-3-5-7-16/h3-12H,1-2H3,(H,23,24,27). The molecule has 0 aliphatic heterocycles. The van der Waals surface area contributed by atoms with Gasteiger partial charge in [0.2, 0.25) is 0 Å². The maximum Gasteiger partial charge on any atom is 0.281 e. The Bertz CT molecular complexity index is 1150. The van der Waals surface area contributed by atoms with Crippen LogP contribution in [0.15, 0.2) is 65.3 Å². The molecule has 0 bridgehead atoms. The van der Waals surface area contributed by atoms with Crippen molar-refractivity contribution in [2.24, 2.45) is 0 Å². The van der Waals surface area contributed by atoms with E-state index in [9.17, 15) is 4.79 Å². The molecule has 4 rings (SSSR count). The van der Waals surface area contributed by atoms with Gasteiger partial charge in [0, 0.05) is 14.9 Å². The van der Waals surface area contributed by atoms with Gasteiger partial charge in [-0.2, -0.15) is 5.10 Å². The summed E-state index contributed by atoms with van der Waals surface area (Å²) in [4.78, 5) is 18.4. The number of methoxy groups -OCH3 is 1. The highest BCUT2D eigenvalue weighted by molar-refractivity contribution is 9.10. The Labute approximate surface area is 180 Å². The highest BCUT2D eigenvalue weighted by Gasteiger charge is 2.20. The number of aromatic nitrogens is 3. The Morgan fingerprint density at radius 3 is 2.55 bits per heavy atom. The molecule has 2 heterocycles. The number of rotatable bonds is 5. The Balaban J connectivity index is 1.59. The van der Waals surface area contributed by atoms with E-state index in [1.165, 1.54) is 18.4 Å². The molecule has 8 heteroatoms. The van der Waals surface area contributed by atoms with Crippen LogP contribution in [0.5, 0.6) is 5.75 Å². The number of aryl methyl sites for hydroxylation is 1. The highest BCUT2D eigenvalue weighted by atomic mass is 79.9. The number of carbonyl (C=O) groups is 1. The molecule has 4 aromatic rings. The minimum absolute atomic E-state index is 0.203. The predicted octanol–water partition coefficient (Wildman–Crippen LogP) is 5.33. The smallest absolute Gasteiger partial charge is 0.281 e. The van der Waals surface area contributed by atoms with Gasteiger partial charge in [-0.25, -0.2) is 9.67 Å². The zero-order chi connectivity index (χ0) is 20.4. The van der Waals surface area contributed by atoms with E-state index in [0.717, 1.165) is 26.3 Å². The van der Waals surface area contributed by atoms with E-state index in [1.54, 1.807) is 10.9 Å². The van der Waals surface area contributed by atoms with Gasteiger partial charge < -0.3 is 4.74 Å². The van der Waals surface area contributed by atoms with Gasteiger partial charge in [-0.1, -0.05) is 46.3 Å². The SMILES string of the molecule is COc1cn(-c2ccccc2)nc1C(=O)Nc1nc(-c2ccc(Br)cc2)c(C)s1. The van der Waals surface area contributed by atoms with E-state index < -0.39 is 0 Å². The van der Waals surface area contributed by atoms with Crippen molar-refractivity contribution >= 4 is 38.3 Å². The molecule has 0 aliphatic rings. The van der Waals surface area contributed by atoms with Crippen molar-refractivity contribution in [2.45, 2.75) is 6.92 Å². The summed E-state index contributed by atoms with van der Waals surface area (Å²) in [6, 6.07) is 17.5. The topological polar surface area (TPSA) is 69.0 Å². The zero-order valence-electron chi connectivity index (χ0n) is 15.7. The molecule has 0 atom stereocenters. The van der Waals surface area contributed by atoms with Crippen LogP contribution in [-0.2, 0) is 0 Å². The molecule has 6 nitrogen and oxygen atoms in total. The van der Waals surface area contributed by atoms with Crippen LogP contribution in [-0.4, -0.2) is 27.8 Å². The number of nitrogens with one attached hydrogen (secondary N) is 1. The number of anilines is 1. The minimum atomic E-state index is -0.368. The summed E-state index contributed by atoms with van der Waals surface area (Å²) in [5.74, 6) is 0.0281. The lowest BCUT2D eigenvalue weighted by Gasteiger charge is -2.01. The van der Waals surface area contributed by atoms with Gasteiger partial charge in [-0.05, 0) is 31.2 Å². The fourth-order valence-corrected chi connectivity index (χ4v) is 3.95. The summed E-state index contributed by atoms with van der Waals surface area (Å²) in [6.45, 7) is 1.98. The lowest BCUT2D eigenvalue weighted by Crippen LogP contribution is -2.14. The van der Waals surface area contributed by atoms with E-state index >= 15 is 0 Å². The number of amides is 1. The van der Waals surface area contributed by atoms with Crippen molar-refractivity contribution in [3.05, 3.63) is 75.8 Å². The molecule has 0 saturated carbocycles. The van der Waals surface area contributed by atoms with Crippen LogP contribution in [0.2, 0.25) is 0 Å². The van der Waals surface area contributed by atoms with Crippen LogP contribution in [0.25, 0.3) is 16.9 Å². The van der Waals surface area contributed by atoms with Crippen LogP contribution in [0, 0.1) is 6.92 Å². The van der Waals surface area contributed by atoms with Crippen molar-refractivity contribution < 1.29 is 9.53 Å². The van der Waals surface area contributed by atoms with Crippen LogP contribution in [0.3, 0.4) is 0 Å². The van der Waals surface area contributed by atoms with E-state index in [2.05, 4.69) is 31.3 Å². The van der Waals surface area contributed by atoms with Crippen LogP contribution >= 0.6 is 27.3 Å². The van der Waals surface area contributed by atoms with Gasteiger partial charge in [0.25, 0.3) is 5.91 Å². The van der Waals surface area contributed by atoms with E-state index in [0.29, 0.717) is 10.9 Å². The molecule has 0 fully saturated rings. The highest BCUT2D eigenvalue weighted by Crippen LogP contribution is 2.31. The van der Waals surface area contributed by atoms with Gasteiger partial charge >= 0.3 is 0 Å². The Hall–Kier alpha value is -2.97. The first-order chi connectivity index (χ1) is 14.0. The minimum Gasteiger partial charge on any atom is -0.493 e. The predicted molar refractivity (Wildman–Crippen MR) is 118 cm³/mol. The van der Waals surface area contributed by atoms with Gasteiger partial charge in [0.1, 0.15) is 0 Å². The normalized spacial score (nSPS) is 10.7. The second-order valence-corrected chi connectivity index (χ2v) is 8.33. The summed E-state index contributed by atoms with van der Waals surface area (Å²) in [5, 5.41) is 7.75. The quantitative estimate of drug-likeness (QED) is 0.429. The number of halogens is 1. The molecular formula is C21H17BrN4O2S. The molecule has 0 aliphatic carbocycles. The molecule has 1 N–H and O–H groups in total. The molecule has 1 amide bonds. The van der Waals surface area contributed by atoms with Gasteiger partial charge in [0.15, 0.2) is 16.6 Å². The zero-order valence-corrected chi connectivity index (χ0v) is 18.1. The number of benzene rings is 2. The number of hydrogen-bond donors (Lipinski definition) is 1. The molecule has 0 radical (unpaired) electrons. The second kappa shape index (κ2) is 8.18. The van der Waals surface area contributed by atoms with Crippen LogP contribution in [0.1, 0.15) is 15.4 Å². The fraction of sp³-hybridized carbons (Fsp3) is 0.0952. The number of thiazole rings is 1. The number of carbonyl (C=O) groups excluding carboxylic acids is 1. The van der Waals surface area contributed by atoms with Crippen molar-refractivity contribution in [1.29, 1.82) is 0 Å². The molecule has 0 saturated heterocycles. The molecule has 2 aromatic heterocycles. The van der Waals surface area contributed by atoms with Crippen LogP contribution in [0.4, 0.5) is 5.13 Å². The van der Waals surface area contributed by atoms with Crippen molar-refractivity contribution in [3.63, 3.8) is 0 Å². The van der Waals surface area contributed by atoms with Gasteiger partial charge in [-0.15, -0.1) is 11.3 Å². The lowest BCUT2D eigenvalue weighted by atomic mass is 10.1. The first-order valence-corrected chi connectivity index (χ1v) is 10.4. The van der Waals surface area contributed by atoms with Crippen molar-refractivity contribution in [1.82, 2.24) is 14.8 Å². The molecule has 0 spiro atoms. The summed E-state index contributed by atoms with van der Waals surface area (Å²) in [5.41, 5.74) is 2.88. The first kappa shape index (κ1) is 19.4. The number of ether oxygens (including phenoxy) is 1. The van der Waals surface area contributed by atoms with E-state index in [-0.39, 0.29) is 11.6 Å². The largest absolute Gasteiger partial charge is 0.493 e. The van der Waals surface area contributed by atoms with Gasteiger partial charge in [-0.3, -0.25) is 10.1 Å². The Morgan fingerprint density at radius 1 is 1.14 bits per heavy atom. The van der Waals surface area contributed by atoms with Crippen LogP contribution < -0.4 is 10.1 Å². The summed E-state index contributed by atoms with van der Waals surface area (Å²) in [6.07, 6.45) is 1.69. The maximum atomic E-state index is 12.8. The third-order valence-corrected chi connectivity index (χ3v) is 5.69. The average molecular weight is 469 g/mol. The fourth-order valence-electron chi connectivity index (χ4n) is 2.86. The van der Waals surface area contributed by atoms with E-state index in [4.69, 9.17) is 4.74 Å². The first-order valence-electron chi connectivity index (χ1n) is 8.79. The second-order valence-electron chi connectivity index (χ2n) is 6.21. The molecule has 146 valence electrons.